The maximum absolute atomic E-state index is 12.1. The molecule has 2 aromatic carbocycles. The zero-order valence-electron chi connectivity index (χ0n) is 11.2. The molecule has 0 atom stereocenters. The van der Waals surface area contributed by atoms with Crippen LogP contribution in [0.15, 0.2) is 47.3 Å². The number of aromatic amines is 1. The zero-order chi connectivity index (χ0) is 15.7. The van der Waals surface area contributed by atoms with Crippen molar-refractivity contribution in [2.24, 2.45) is 0 Å². The summed E-state index contributed by atoms with van der Waals surface area (Å²) >= 11 is 12.1. The molecule has 0 aliphatic heterocycles. The second-order valence-electron chi connectivity index (χ2n) is 4.66. The van der Waals surface area contributed by atoms with Gasteiger partial charge >= 0.3 is 0 Å². The van der Waals surface area contributed by atoms with Crippen LogP contribution in [-0.4, -0.2) is 15.1 Å². The van der Waals surface area contributed by atoms with Gasteiger partial charge in [-0.2, -0.15) is 0 Å². The Balaban J connectivity index is 2.10. The number of aromatic hydroxyl groups is 1. The van der Waals surface area contributed by atoms with Crippen LogP contribution in [0.4, 0.5) is 0 Å². The lowest BCUT2D eigenvalue weighted by Gasteiger charge is -2.03. The van der Waals surface area contributed by atoms with Gasteiger partial charge in [-0.05, 0) is 42.0 Å². The summed E-state index contributed by atoms with van der Waals surface area (Å²) in [4.78, 5) is 19.0. The Kier molecular flexibility index (Phi) is 3.88. The molecule has 0 fully saturated rings. The smallest absolute Gasteiger partial charge is 0.259 e. The van der Waals surface area contributed by atoms with Gasteiger partial charge in [0.1, 0.15) is 5.75 Å². The second-order valence-corrected chi connectivity index (χ2v) is 5.51. The molecule has 1 aromatic heterocycles. The molecular formula is C16H10Cl2N2O2. The maximum Gasteiger partial charge on any atom is 0.259 e. The third-order valence-corrected chi connectivity index (χ3v) is 3.58. The van der Waals surface area contributed by atoms with E-state index in [4.69, 9.17) is 23.2 Å². The molecule has 1 heterocycles. The summed E-state index contributed by atoms with van der Waals surface area (Å²) in [6.07, 6.45) is 1.61. The van der Waals surface area contributed by atoms with Crippen LogP contribution < -0.4 is 5.56 Å². The van der Waals surface area contributed by atoms with Gasteiger partial charge in [-0.25, -0.2) is 4.98 Å². The Hall–Kier alpha value is -2.30. The van der Waals surface area contributed by atoms with Crippen LogP contribution in [0.1, 0.15) is 11.4 Å². The average Bonchev–Trinajstić information content (AvgIpc) is 2.48. The maximum atomic E-state index is 12.1. The van der Waals surface area contributed by atoms with Gasteiger partial charge < -0.3 is 10.1 Å². The number of fused-ring (bicyclic) bond motifs is 1. The van der Waals surface area contributed by atoms with E-state index >= 15 is 0 Å². The molecule has 0 aliphatic rings. The van der Waals surface area contributed by atoms with Crippen molar-refractivity contribution in [3.63, 3.8) is 0 Å². The summed E-state index contributed by atoms with van der Waals surface area (Å²) in [5, 5.41) is 10.6. The Morgan fingerprint density at radius 3 is 2.82 bits per heavy atom. The summed E-state index contributed by atoms with van der Waals surface area (Å²) in [5.74, 6) is 0.387. The molecule has 6 heteroatoms. The quantitative estimate of drug-likeness (QED) is 0.744. The van der Waals surface area contributed by atoms with Crippen molar-refractivity contribution in [2.45, 2.75) is 0 Å². The molecule has 3 rings (SSSR count). The van der Waals surface area contributed by atoms with Crippen LogP contribution in [0.3, 0.4) is 0 Å². The first-order valence-corrected chi connectivity index (χ1v) is 7.15. The fraction of sp³-hybridized carbons (Fsp3) is 0. The third kappa shape index (κ3) is 2.98. The van der Waals surface area contributed by atoms with Gasteiger partial charge in [0.25, 0.3) is 5.56 Å². The number of nitrogens with one attached hydrogen (secondary N) is 1. The van der Waals surface area contributed by atoms with Gasteiger partial charge in [0.15, 0.2) is 5.82 Å². The van der Waals surface area contributed by atoms with Crippen LogP contribution in [0, 0.1) is 0 Å². The zero-order valence-corrected chi connectivity index (χ0v) is 12.7. The number of aromatic nitrogens is 2. The Morgan fingerprint density at radius 2 is 2.05 bits per heavy atom. The number of phenols is 1. The highest BCUT2D eigenvalue weighted by Gasteiger charge is 2.07. The summed E-state index contributed by atoms with van der Waals surface area (Å²) in [7, 11) is 0. The van der Waals surface area contributed by atoms with Crippen molar-refractivity contribution in [3.05, 3.63) is 69.2 Å². The van der Waals surface area contributed by atoms with Crippen LogP contribution in [0.25, 0.3) is 22.0 Å². The average molecular weight is 333 g/mol. The van der Waals surface area contributed by atoms with E-state index in [0.29, 0.717) is 21.5 Å². The van der Waals surface area contributed by atoms with Crippen LogP contribution in [0.2, 0.25) is 5.02 Å². The molecule has 110 valence electrons. The molecule has 0 unspecified atom stereocenters. The number of nitrogens with zero attached hydrogens (tertiary/aromatic N) is 1. The first-order chi connectivity index (χ1) is 10.5. The van der Waals surface area contributed by atoms with Crippen LogP contribution >= 0.6 is 23.2 Å². The largest absolute Gasteiger partial charge is 0.508 e. The van der Waals surface area contributed by atoms with Gasteiger partial charge in [-0.15, -0.1) is 0 Å². The Bertz CT molecular complexity index is 948. The minimum atomic E-state index is -0.315. The molecule has 2 N–H and O–H groups in total. The number of rotatable bonds is 2. The SMILES string of the molecule is O=c1[nH]c(C(Cl)=Cc2cccc(O)c2)nc2ccc(Cl)cc12. The molecule has 0 saturated heterocycles. The van der Waals surface area contributed by atoms with Crippen molar-refractivity contribution < 1.29 is 5.11 Å². The van der Waals surface area contributed by atoms with E-state index < -0.39 is 0 Å². The Labute approximate surface area is 135 Å². The van der Waals surface area contributed by atoms with E-state index in [-0.39, 0.29) is 22.2 Å². The molecule has 0 radical (unpaired) electrons. The fourth-order valence-corrected chi connectivity index (χ4v) is 2.44. The van der Waals surface area contributed by atoms with E-state index in [2.05, 4.69) is 9.97 Å². The van der Waals surface area contributed by atoms with Gasteiger partial charge in [0, 0.05) is 5.02 Å². The van der Waals surface area contributed by atoms with E-state index in [9.17, 15) is 9.90 Å². The lowest BCUT2D eigenvalue weighted by molar-refractivity contribution is 0.475. The monoisotopic (exact) mass is 332 g/mol. The van der Waals surface area contributed by atoms with Crippen LogP contribution in [-0.2, 0) is 0 Å². The highest BCUT2D eigenvalue weighted by atomic mass is 35.5. The predicted molar refractivity (Wildman–Crippen MR) is 89.2 cm³/mol. The second kappa shape index (κ2) is 5.83. The van der Waals surface area contributed by atoms with Crippen molar-refractivity contribution in [1.82, 2.24) is 9.97 Å². The molecule has 0 aliphatic carbocycles. The van der Waals surface area contributed by atoms with E-state index in [1.54, 1.807) is 48.5 Å². The summed E-state index contributed by atoms with van der Waals surface area (Å²) in [6, 6.07) is 11.5. The summed E-state index contributed by atoms with van der Waals surface area (Å²) in [6.45, 7) is 0. The number of hydrogen-bond donors (Lipinski definition) is 2. The highest BCUT2D eigenvalue weighted by molar-refractivity contribution is 6.50. The molecule has 0 spiro atoms. The molecule has 0 amide bonds. The number of H-pyrrole nitrogens is 1. The molecule has 3 aromatic rings. The van der Waals surface area contributed by atoms with E-state index in [0.717, 1.165) is 0 Å². The topological polar surface area (TPSA) is 66.0 Å². The Morgan fingerprint density at radius 1 is 1.23 bits per heavy atom. The summed E-state index contributed by atoms with van der Waals surface area (Å²) < 4.78 is 0. The normalized spacial score (nSPS) is 11.8. The summed E-state index contributed by atoms with van der Waals surface area (Å²) in [5.41, 5.74) is 0.888. The van der Waals surface area contributed by atoms with Gasteiger partial charge in [0.05, 0.1) is 15.9 Å². The minimum absolute atomic E-state index is 0.132. The number of hydrogen-bond acceptors (Lipinski definition) is 3. The molecule has 0 bridgehead atoms. The number of phenolic OH excluding ortho intramolecular Hbond substituents is 1. The van der Waals surface area contributed by atoms with Gasteiger partial charge in [-0.3, -0.25) is 4.79 Å². The standard InChI is InChI=1S/C16H10Cl2N2O2/c17-10-4-5-14-12(8-10)16(22)20-15(19-14)13(18)7-9-2-1-3-11(21)6-9/h1-8,21H,(H,19,20,22). The van der Waals surface area contributed by atoms with Gasteiger partial charge in [0.2, 0.25) is 0 Å². The number of halogens is 2. The lowest BCUT2D eigenvalue weighted by atomic mass is 10.2. The van der Waals surface area contributed by atoms with Crippen LogP contribution in [0.5, 0.6) is 5.75 Å². The van der Waals surface area contributed by atoms with Crippen molar-refractivity contribution in [2.75, 3.05) is 0 Å². The molecule has 0 saturated carbocycles. The lowest BCUT2D eigenvalue weighted by Crippen LogP contribution is -2.10. The predicted octanol–water partition coefficient (Wildman–Crippen LogP) is 4.02. The molecular weight excluding hydrogens is 323 g/mol. The molecule has 4 nitrogen and oxygen atoms in total. The third-order valence-electron chi connectivity index (χ3n) is 3.06. The molecule has 22 heavy (non-hydrogen) atoms. The first-order valence-electron chi connectivity index (χ1n) is 6.39. The first kappa shape index (κ1) is 14.6. The van der Waals surface area contributed by atoms with Crippen molar-refractivity contribution in [1.29, 1.82) is 0 Å². The van der Waals surface area contributed by atoms with E-state index in [1.807, 2.05) is 0 Å². The van der Waals surface area contributed by atoms with Crippen molar-refractivity contribution >= 4 is 45.2 Å². The van der Waals surface area contributed by atoms with Gasteiger partial charge in [-0.1, -0.05) is 35.3 Å². The van der Waals surface area contributed by atoms with Crippen molar-refractivity contribution in [3.8, 4) is 5.75 Å². The highest BCUT2D eigenvalue weighted by Crippen LogP contribution is 2.22. The minimum Gasteiger partial charge on any atom is -0.508 e. The fourth-order valence-electron chi connectivity index (χ4n) is 2.05. The number of benzene rings is 2. The van der Waals surface area contributed by atoms with E-state index in [1.165, 1.54) is 0 Å².